The molecule has 0 radical (unpaired) electrons. The van der Waals surface area contributed by atoms with Crippen LogP contribution in [0.5, 0.6) is 0 Å². The van der Waals surface area contributed by atoms with Crippen LogP contribution in [0, 0.1) is 12.7 Å². The standard InChI is InChI=1S/C21H23FN4O2/c1-13-5-6-16(15(22)11-13)24-19-14-12-23-26(20(27)28-21(2,3)4)17(14)7-8-18(19)25-9-10-25/h5-8,11-12,24H,9-10H2,1-4H3. The number of ether oxygens (including phenoxy) is 1. The Kier molecular flexibility index (Phi) is 4.25. The third kappa shape index (κ3) is 3.52. The van der Waals surface area contributed by atoms with Gasteiger partial charge >= 0.3 is 6.09 Å². The predicted octanol–water partition coefficient (Wildman–Crippen LogP) is 4.83. The van der Waals surface area contributed by atoms with Crippen LogP contribution in [0.3, 0.4) is 0 Å². The highest BCUT2D eigenvalue weighted by Crippen LogP contribution is 2.39. The van der Waals surface area contributed by atoms with Crippen molar-refractivity contribution in [2.45, 2.75) is 33.3 Å². The molecule has 4 rings (SSSR count). The Morgan fingerprint density at radius 3 is 2.61 bits per heavy atom. The van der Waals surface area contributed by atoms with Crippen LogP contribution in [0.1, 0.15) is 26.3 Å². The first-order chi connectivity index (χ1) is 13.2. The molecule has 0 atom stereocenters. The van der Waals surface area contributed by atoms with Crippen molar-refractivity contribution in [2.24, 2.45) is 0 Å². The van der Waals surface area contributed by atoms with Crippen LogP contribution in [0.4, 0.5) is 26.2 Å². The molecule has 7 heteroatoms. The van der Waals surface area contributed by atoms with Crippen molar-refractivity contribution < 1.29 is 13.9 Å². The van der Waals surface area contributed by atoms with E-state index in [2.05, 4.69) is 15.3 Å². The van der Waals surface area contributed by atoms with Crippen molar-refractivity contribution in [1.29, 1.82) is 0 Å². The molecule has 1 aliphatic heterocycles. The van der Waals surface area contributed by atoms with E-state index in [4.69, 9.17) is 4.74 Å². The maximum Gasteiger partial charge on any atom is 0.435 e. The van der Waals surface area contributed by atoms with Gasteiger partial charge in [0.1, 0.15) is 11.4 Å². The number of benzene rings is 2. The fraction of sp³-hybridized carbons (Fsp3) is 0.333. The molecule has 0 amide bonds. The van der Waals surface area contributed by atoms with Crippen LogP contribution in [0.15, 0.2) is 36.5 Å². The van der Waals surface area contributed by atoms with E-state index in [1.54, 1.807) is 12.3 Å². The number of aromatic nitrogens is 2. The van der Waals surface area contributed by atoms with Crippen LogP contribution in [-0.4, -0.2) is 34.6 Å². The Bertz CT molecular complexity index is 1060. The van der Waals surface area contributed by atoms with Gasteiger partial charge in [0, 0.05) is 18.5 Å². The third-order valence-electron chi connectivity index (χ3n) is 4.47. The Balaban J connectivity index is 1.79. The highest BCUT2D eigenvalue weighted by molar-refractivity contribution is 6.03. The van der Waals surface area contributed by atoms with Crippen molar-refractivity contribution in [3.8, 4) is 0 Å². The van der Waals surface area contributed by atoms with Gasteiger partial charge in [0.05, 0.1) is 28.8 Å². The molecule has 1 saturated heterocycles. The first-order valence-corrected chi connectivity index (χ1v) is 9.25. The number of nitrogens with one attached hydrogen (secondary N) is 1. The summed E-state index contributed by atoms with van der Waals surface area (Å²) >= 11 is 0. The predicted molar refractivity (Wildman–Crippen MR) is 108 cm³/mol. The first kappa shape index (κ1) is 18.3. The van der Waals surface area contributed by atoms with Crippen molar-refractivity contribution in [3.63, 3.8) is 0 Å². The van der Waals surface area contributed by atoms with Crippen LogP contribution in [0.2, 0.25) is 0 Å². The number of carbonyl (C=O) groups excluding carboxylic acids is 1. The molecule has 1 fully saturated rings. The molecule has 6 nitrogen and oxygen atoms in total. The van der Waals surface area contributed by atoms with Crippen LogP contribution < -0.4 is 10.2 Å². The molecule has 0 bridgehead atoms. The van der Waals surface area contributed by atoms with Gasteiger partial charge in [-0.15, -0.1) is 0 Å². The van der Waals surface area contributed by atoms with Crippen molar-refractivity contribution in [1.82, 2.24) is 9.78 Å². The number of hydrogen-bond donors (Lipinski definition) is 1. The van der Waals surface area contributed by atoms with Gasteiger partial charge in [-0.3, -0.25) is 0 Å². The Morgan fingerprint density at radius 2 is 1.96 bits per heavy atom. The minimum Gasteiger partial charge on any atom is -0.442 e. The summed E-state index contributed by atoms with van der Waals surface area (Å²) in [4.78, 5) is 14.7. The highest BCUT2D eigenvalue weighted by Gasteiger charge is 2.26. The lowest BCUT2D eigenvalue weighted by molar-refractivity contribution is 0.0523. The average Bonchev–Trinajstić information content (AvgIpc) is 3.34. The molecule has 2 heterocycles. The zero-order valence-electron chi connectivity index (χ0n) is 16.4. The van der Waals surface area contributed by atoms with Gasteiger partial charge in [0.2, 0.25) is 0 Å². The van der Waals surface area contributed by atoms with E-state index in [-0.39, 0.29) is 5.82 Å². The second-order valence-corrected chi connectivity index (χ2v) is 8.02. The van der Waals surface area contributed by atoms with E-state index in [0.717, 1.165) is 35.4 Å². The second kappa shape index (κ2) is 6.51. The van der Waals surface area contributed by atoms with E-state index in [0.29, 0.717) is 11.2 Å². The summed E-state index contributed by atoms with van der Waals surface area (Å²) in [5.74, 6) is -0.326. The number of carbonyl (C=O) groups is 1. The van der Waals surface area contributed by atoms with E-state index in [1.807, 2.05) is 45.9 Å². The number of anilines is 3. The van der Waals surface area contributed by atoms with Gasteiger partial charge in [-0.25, -0.2) is 9.18 Å². The van der Waals surface area contributed by atoms with Gasteiger partial charge in [0.25, 0.3) is 0 Å². The summed E-state index contributed by atoms with van der Waals surface area (Å²) in [5, 5.41) is 8.17. The van der Waals surface area contributed by atoms with Gasteiger partial charge in [-0.05, 0) is 57.5 Å². The molecule has 28 heavy (non-hydrogen) atoms. The fourth-order valence-electron chi connectivity index (χ4n) is 3.08. The number of fused-ring (bicyclic) bond motifs is 1. The lowest BCUT2D eigenvalue weighted by Crippen LogP contribution is -2.27. The summed E-state index contributed by atoms with van der Waals surface area (Å²) < 4.78 is 21.1. The lowest BCUT2D eigenvalue weighted by atomic mass is 10.1. The molecule has 1 N–H and O–H groups in total. The smallest absolute Gasteiger partial charge is 0.435 e. The SMILES string of the molecule is Cc1ccc(Nc2c(N3CC3)ccc3c2cnn3C(=O)OC(C)(C)C)c(F)c1. The minimum atomic E-state index is -0.624. The molecule has 0 saturated carbocycles. The van der Waals surface area contributed by atoms with Crippen molar-refractivity contribution in [3.05, 3.63) is 47.9 Å². The quantitative estimate of drug-likeness (QED) is 0.658. The third-order valence-corrected chi connectivity index (χ3v) is 4.47. The second-order valence-electron chi connectivity index (χ2n) is 8.02. The van der Waals surface area contributed by atoms with Crippen molar-refractivity contribution in [2.75, 3.05) is 23.3 Å². The number of rotatable bonds is 3. The van der Waals surface area contributed by atoms with E-state index < -0.39 is 11.7 Å². The summed E-state index contributed by atoms with van der Waals surface area (Å²) in [6, 6.07) is 8.83. The fourth-order valence-corrected chi connectivity index (χ4v) is 3.08. The first-order valence-electron chi connectivity index (χ1n) is 9.25. The summed E-state index contributed by atoms with van der Waals surface area (Å²) in [6.45, 7) is 9.15. The number of hydrogen-bond acceptors (Lipinski definition) is 5. The monoisotopic (exact) mass is 382 g/mol. The lowest BCUT2D eigenvalue weighted by Gasteiger charge is -2.19. The number of aryl methyl sites for hydroxylation is 1. The van der Waals surface area contributed by atoms with Gasteiger partial charge in [-0.2, -0.15) is 9.78 Å². The molecular weight excluding hydrogens is 359 g/mol. The van der Waals surface area contributed by atoms with E-state index >= 15 is 0 Å². The Morgan fingerprint density at radius 1 is 1.21 bits per heavy atom. The van der Waals surface area contributed by atoms with Crippen LogP contribution in [0.25, 0.3) is 10.9 Å². The average molecular weight is 382 g/mol. The molecule has 2 aromatic carbocycles. The van der Waals surface area contributed by atoms with Gasteiger partial charge in [0.15, 0.2) is 0 Å². The largest absolute Gasteiger partial charge is 0.442 e. The summed E-state index contributed by atoms with van der Waals surface area (Å²) in [7, 11) is 0. The minimum absolute atomic E-state index is 0.326. The number of halogens is 1. The molecule has 3 aromatic rings. The molecule has 1 aromatic heterocycles. The summed E-state index contributed by atoms with van der Waals surface area (Å²) in [6.07, 6.45) is 1.06. The molecule has 0 aliphatic carbocycles. The Hall–Kier alpha value is -3.09. The van der Waals surface area contributed by atoms with E-state index in [9.17, 15) is 9.18 Å². The van der Waals surface area contributed by atoms with Gasteiger partial charge in [-0.1, -0.05) is 6.07 Å². The van der Waals surface area contributed by atoms with Crippen molar-refractivity contribution >= 4 is 34.1 Å². The van der Waals surface area contributed by atoms with Crippen LogP contribution >= 0.6 is 0 Å². The number of nitrogens with zero attached hydrogens (tertiary/aromatic N) is 3. The Labute approximate surface area is 162 Å². The maximum absolute atomic E-state index is 14.4. The molecule has 146 valence electrons. The maximum atomic E-state index is 14.4. The summed E-state index contributed by atoms with van der Waals surface area (Å²) in [5.41, 5.74) is 2.90. The zero-order chi connectivity index (χ0) is 20.1. The zero-order valence-corrected chi connectivity index (χ0v) is 16.4. The van der Waals surface area contributed by atoms with E-state index in [1.165, 1.54) is 10.7 Å². The molecule has 0 spiro atoms. The molecule has 1 aliphatic rings. The normalized spacial score (nSPS) is 13.7. The van der Waals surface area contributed by atoms with Gasteiger partial charge < -0.3 is 15.0 Å². The molecular formula is C21H23FN4O2. The highest BCUT2D eigenvalue weighted by atomic mass is 19.1. The topological polar surface area (TPSA) is 59.2 Å². The molecule has 0 unspecified atom stereocenters. The van der Waals surface area contributed by atoms with Crippen LogP contribution in [-0.2, 0) is 4.74 Å².